The Labute approximate surface area is 106 Å². The first kappa shape index (κ1) is 14.5. The lowest BCUT2D eigenvalue weighted by molar-refractivity contribution is 0.0651. The number of nitrogens with zero attached hydrogens (tertiary/aromatic N) is 1. The number of rotatable bonds is 7. The van der Waals surface area contributed by atoms with Gasteiger partial charge in [0, 0.05) is 6.61 Å². The van der Waals surface area contributed by atoms with Crippen LogP contribution in [0.2, 0.25) is 0 Å². The number of ether oxygens (including phenoxy) is 1. The summed E-state index contributed by atoms with van der Waals surface area (Å²) >= 11 is 0. The summed E-state index contributed by atoms with van der Waals surface area (Å²) in [7, 11) is 0. The predicted molar refractivity (Wildman–Crippen MR) is 69.6 cm³/mol. The quantitative estimate of drug-likeness (QED) is 0.694. The molecule has 3 heteroatoms. The van der Waals surface area contributed by atoms with Crippen LogP contribution in [-0.4, -0.2) is 25.3 Å². The fraction of sp³-hybridized carbons (Fsp3) is 0.929. The van der Waals surface area contributed by atoms with Gasteiger partial charge in [-0.05, 0) is 37.1 Å². The zero-order valence-corrected chi connectivity index (χ0v) is 11.7. The molecule has 17 heavy (non-hydrogen) atoms. The first-order valence-electron chi connectivity index (χ1n) is 6.67. The summed E-state index contributed by atoms with van der Waals surface area (Å²) in [5.74, 6) is 0.488. The molecule has 3 nitrogen and oxygen atoms in total. The van der Waals surface area contributed by atoms with E-state index in [1.54, 1.807) is 0 Å². The molecule has 1 fully saturated rings. The molecule has 0 radical (unpaired) electrons. The van der Waals surface area contributed by atoms with Crippen LogP contribution in [0.5, 0.6) is 0 Å². The maximum absolute atomic E-state index is 9.38. The lowest BCUT2D eigenvalue weighted by atomic mass is 9.93. The van der Waals surface area contributed by atoms with Crippen molar-refractivity contribution in [1.82, 2.24) is 5.32 Å². The molecule has 1 unspecified atom stereocenters. The summed E-state index contributed by atoms with van der Waals surface area (Å²) in [6.07, 6.45) is 3.34. The summed E-state index contributed by atoms with van der Waals surface area (Å²) in [6, 6.07) is 2.44. The molecule has 1 N–H and O–H groups in total. The highest BCUT2D eigenvalue weighted by Gasteiger charge is 2.45. The lowest BCUT2D eigenvalue weighted by Crippen LogP contribution is -2.50. The van der Waals surface area contributed by atoms with Gasteiger partial charge < -0.3 is 4.74 Å². The molecule has 0 saturated heterocycles. The highest BCUT2D eigenvalue weighted by atomic mass is 16.5. The molecule has 0 spiro atoms. The van der Waals surface area contributed by atoms with Crippen molar-refractivity contribution in [2.24, 2.45) is 11.3 Å². The van der Waals surface area contributed by atoms with E-state index in [1.165, 1.54) is 0 Å². The normalized spacial score (nSPS) is 19.7. The molecule has 0 aromatic rings. The second-order valence-corrected chi connectivity index (χ2v) is 6.25. The van der Waals surface area contributed by atoms with Crippen molar-refractivity contribution in [2.45, 2.75) is 52.5 Å². The molecule has 0 bridgehead atoms. The van der Waals surface area contributed by atoms with Crippen molar-refractivity contribution in [3.63, 3.8) is 0 Å². The van der Waals surface area contributed by atoms with Crippen molar-refractivity contribution >= 4 is 0 Å². The maximum Gasteiger partial charge on any atom is 0.133 e. The van der Waals surface area contributed by atoms with E-state index < -0.39 is 5.54 Å². The first-order valence-corrected chi connectivity index (χ1v) is 6.67. The number of likely N-dealkylation sites (N-methyl/N-ethyl adjacent to an activating group) is 1. The molecule has 0 aliphatic heterocycles. The summed E-state index contributed by atoms with van der Waals surface area (Å²) in [5.41, 5.74) is -0.139. The molecule has 0 amide bonds. The Morgan fingerprint density at radius 3 is 2.41 bits per heavy atom. The van der Waals surface area contributed by atoms with E-state index in [4.69, 9.17) is 4.74 Å². The van der Waals surface area contributed by atoms with Gasteiger partial charge in [0.05, 0.1) is 12.7 Å². The monoisotopic (exact) mass is 238 g/mol. The molecule has 1 atom stereocenters. The van der Waals surface area contributed by atoms with Crippen molar-refractivity contribution in [1.29, 1.82) is 5.26 Å². The number of nitrogens with one attached hydrogen (secondary N) is 1. The van der Waals surface area contributed by atoms with Gasteiger partial charge in [0.15, 0.2) is 0 Å². The zero-order chi connectivity index (χ0) is 12.9. The smallest absolute Gasteiger partial charge is 0.133 e. The molecule has 1 aliphatic rings. The van der Waals surface area contributed by atoms with Gasteiger partial charge in [-0.15, -0.1) is 0 Å². The molecule has 0 aromatic carbocycles. The third kappa shape index (κ3) is 4.65. The maximum atomic E-state index is 9.38. The Kier molecular flexibility index (Phi) is 4.97. The number of nitriles is 1. The standard InChI is InChI=1S/C14H26N2O/c1-5-16-14(10-15,12-6-7-12)11-17-9-8-13(2,3)4/h12,16H,5-9,11H2,1-4H3. The number of hydrogen-bond acceptors (Lipinski definition) is 3. The molecule has 1 rings (SSSR count). The van der Waals surface area contributed by atoms with Crippen LogP contribution in [-0.2, 0) is 4.74 Å². The van der Waals surface area contributed by atoms with Crippen LogP contribution in [0.15, 0.2) is 0 Å². The van der Waals surface area contributed by atoms with Gasteiger partial charge in [-0.1, -0.05) is 27.7 Å². The van der Waals surface area contributed by atoms with Crippen LogP contribution in [0.4, 0.5) is 0 Å². The number of hydrogen-bond donors (Lipinski definition) is 1. The Bertz CT molecular complexity index is 273. The van der Waals surface area contributed by atoms with E-state index in [2.05, 4.69) is 32.2 Å². The van der Waals surface area contributed by atoms with Gasteiger partial charge in [0.2, 0.25) is 0 Å². The second-order valence-electron chi connectivity index (χ2n) is 6.25. The van der Waals surface area contributed by atoms with Gasteiger partial charge in [-0.25, -0.2) is 0 Å². The average molecular weight is 238 g/mol. The minimum Gasteiger partial charge on any atom is -0.378 e. The van der Waals surface area contributed by atoms with E-state index >= 15 is 0 Å². The predicted octanol–water partition coefficient (Wildman–Crippen LogP) is 2.72. The van der Waals surface area contributed by atoms with Gasteiger partial charge in [-0.2, -0.15) is 5.26 Å². The average Bonchev–Trinajstić information content (AvgIpc) is 3.05. The van der Waals surface area contributed by atoms with Crippen molar-refractivity contribution in [3.8, 4) is 6.07 Å². The SMILES string of the molecule is CCNC(C#N)(COCCC(C)(C)C)C1CC1. The van der Waals surface area contributed by atoms with E-state index in [1.807, 2.05) is 6.92 Å². The Morgan fingerprint density at radius 2 is 2.00 bits per heavy atom. The van der Waals surface area contributed by atoms with Gasteiger partial charge >= 0.3 is 0 Å². The van der Waals surface area contributed by atoms with Crippen LogP contribution >= 0.6 is 0 Å². The van der Waals surface area contributed by atoms with Gasteiger partial charge in [-0.3, -0.25) is 5.32 Å². The summed E-state index contributed by atoms with van der Waals surface area (Å²) in [6.45, 7) is 10.8. The molecule has 98 valence electrons. The molecular weight excluding hydrogens is 212 g/mol. The van der Waals surface area contributed by atoms with Crippen molar-refractivity contribution in [2.75, 3.05) is 19.8 Å². The van der Waals surface area contributed by atoms with Crippen LogP contribution in [0.3, 0.4) is 0 Å². The molecule has 1 saturated carbocycles. The van der Waals surface area contributed by atoms with Gasteiger partial charge in [0.1, 0.15) is 5.54 Å². The van der Waals surface area contributed by atoms with Crippen LogP contribution in [0, 0.1) is 22.7 Å². The molecule has 0 aromatic heterocycles. The largest absolute Gasteiger partial charge is 0.378 e. The third-order valence-electron chi connectivity index (χ3n) is 3.29. The topological polar surface area (TPSA) is 45.0 Å². The van der Waals surface area contributed by atoms with Crippen LogP contribution in [0.25, 0.3) is 0 Å². The van der Waals surface area contributed by atoms with Crippen molar-refractivity contribution < 1.29 is 4.74 Å². The summed E-state index contributed by atoms with van der Waals surface area (Å²) < 4.78 is 5.73. The fourth-order valence-corrected chi connectivity index (χ4v) is 1.98. The van der Waals surface area contributed by atoms with E-state index in [9.17, 15) is 5.26 Å². The Morgan fingerprint density at radius 1 is 1.35 bits per heavy atom. The first-order chi connectivity index (χ1) is 7.93. The van der Waals surface area contributed by atoms with Crippen molar-refractivity contribution in [3.05, 3.63) is 0 Å². The minimum atomic E-state index is -0.438. The second kappa shape index (κ2) is 5.84. The highest BCUT2D eigenvalue weighted by molar-refractivity contribution is 5.15. The minimum absolute atomic E-state index is 0.299. The Hall–Kier alpha value is -0.590. The van der Waals surface area contributed by atoms with E-state index in [0.717, 1.165) is 32.4 Å². The third-order valence-corrected chi connectivity index (χ3v) is 3.29. The van der Waals surface area contributed by atoms with Crippen LogP contribution < -0.4 is 5.32 Å². The van der Waals surface area contributed by atoms with E-state index in [-0.39, 0.29) is 0 Å². The highest BCUT2D eigenvalue weighted by Crippen LogP contribution is 2.39. The fourth-order valence-electron chi connectivity index (χ4n) is 1.98. The molecule has 1 aliphatic carbocycles. The summed E-state index contributed by atoms with van der Waals surface area (Å²) in [5, 5.41) is 12.7. The lowest BCUT2D eigenvalue weighted by Gasteiger charge is -2.28. The van der Waals surface area contributed by atoms with Crippen LogP contribution in [0.1, 0.15) is 47.0 Å². The van der Waals surface area contributed by atoms with Gasteiger partial charge in [0.25, 0.3) is 0 Å². The Balaban J connectivity index is 2.37. The zero-order valence-electron chi connectivity index (χ0n) is 11.7. The molecule has 0 heterocycles. The molecular formula is C14H26N2O. The van der Waals surface area contributed by atoms with E-state index in [0.29, 0.717) is 17.9 Å². The summed E-state index contributed by atoms with van der Waals surface area (Å²) in [4.78, 5) is 0.